The molecule has 0 aromatic rings. The number of alkyl halides is 3. The molecule has 0 radical (unpaired) electrons. The molecule has 0 unspecified atom stereocenters. The number of sulfonamides is 1. The monoisotopic (exact) mass is 375 g/mol. The predicted octanol–water partition coefficient (Wildman–Crippen LogP) is 0.219. The number of urea groups is 1. The summed E-state index contributed by atoms with van der Waals surface area (Å²) in [7, 11) is -3.62. The van der Waals surface area contributed by atoms with Crippen molar-refractivity contribution in [2.75, 3.05) is 25.4 Å². The Labute approximate surface area is 137 Å². The molecular formula is C12H20F3N3O5S. The molecular weight excluding hydrogens is 355 g/mol. The normalized spacial score (nSPS) is 22.0. The maximum atomic E-state index is 12.8. The van der Waals surface area contributed by atoms with Crippen LogP contribution in [0.25, 0.3) is 0 Å². The smallest absolute Gasteiger partial charge is 0.394 e. The summed E-state index contributed by atoms with van der Waals surface area (Å²) in [4.78, 5) is 23.5. The van der Waals surface area contributed by atoms with E-state index in [1.54, 1.807) is 13.8 Å². The third-order valence-corrected chi connectivity index (χ3v) is 4.98. The number of nitrogens with one attached hydrogen (secondary N) is 2. The fourth-order valence-corrected chi connectivity index (χ4v) is 3.58. The second-order valence-corrected chi connectivity index (χ2v) is 7.69. The number of nitrogens with zero attached hydrogens (tertiary/aromatic N) is 1. The molecule has 12 heteroatoms. The molecule has 1 aliphatic rings. The molecule has 0 bridgehead atoms. The van der Waals surface area contributed by atoms with Crippen molar-refractivity contribution in [3.63, 3.8) is 0 Å². The minimum Gasteiger partial charge on any atom is -0.481 e. The van der Waals surface area contributed by atoms with Gasteiger partial charge in [0.2, 0.25) is 10.0 Å². The highest BCUT2D eigenvalue weighted by molar-refractivity contribution is 7.89. The lowest BCUT2D eigenvalue weighted by molar-refractivity contribution is -0.187. The first-order chi connectivity index (χ1) is 10.8. The van der Waals surface area contributed by atoms with Gasteiger partial charge in [-0.3, -0.25) is 4.79 Å². The van der Waals surface area contributed by atoms with Crippen LogP contribution in [0.15, 0.2) is 0 Å². The first-order valence-electron chi connectivity index (χ1n) is 7.16. The van der Waals surface area contributed by atoms with E-state index >= 15 is 0 Å². The van der Waals surface area contributed by atoms with Crippen LogP contribution in [0.5, 0.6) is 0 Å². The van der Waals surface area contributed by atoms with Crippen LogP contribution in [0.1, 0.15) is 13.8 Å². The Kier molecular flexibility index (Phi) is 6.45. The van der Waals surface area contributed by atoms with Crippen molar-refractivity contribution in [2.24, 2.45) is 11.8 Å². The average Bonchev–Trinajstić information content (AvgIpc) is 2.81. The van der Waals surface area contributed by atoms with E-state index in [4.69, 9.17) is 5.11 Å². The van der Waals surface area contributed by atoms with E-state index in [1.165, 1.54) is 0 Å². The number of carboxylic acids is 1. The van der Waals surface area contributed by atoms with E-state index < -0.39 is 58.9 Å². The molecule has 3 N–H and O–H groups in total. The van der Waals surface area contributed by atoms with Crippen molar-refractivity contribution >= 4 is 22.0 Å². The number of carbonyl (C=O) groups is 2. The zero-order valence-corrected chi connectivity index (χ0v) is 13.9. The predicted molar refractivity (Wildman–Crippen MR) is 77.7 cm³/mol. The van der Waals surface area contributed by atoms with E-state index in [9.17, 15) is 31.2 Å². The van der Waals surface area contributed by atoms with Crippen LogP contribution in [-0.4, -0.2) is 68.0 Å². The third kappa shape index (κ3) is 5.82. The molecule has 140 valence electrons. The molecule has 2 atom stereocenters. The van der Waals surface area contributed by atoms with Gasteiger partial charge in [0.25, 0.3) is 0 Å². The Balaban J connectivity index is 2.59. The Morgan fingerprint density at radius 1 is 1.29 bits per heavy atom. The number of hydrogen-bond donors (Lipinski definition) is 3. The van der Waals surface area contributed by atoms with Gasteiger partial charge in [-0.05, 0) is 13.8 Å². The molecule has 1 fully saturated rings. The second kappa shape index (κ2) is 7.55. The summed E-state index contributed by atoms with van der Waals surface area (Å²) in [6, 6.07) is -1.25. The summed E-state index contributed by atoms with van der Waals surface area (Å²) >= 11 is 0. The second-order valence-electron chi connectivity index (χ2n) is 5.82. The maximum absolute atomic E-state index is 12.8. The highest BCUT2D eigenvalue weighted by Gasteiger charge is 2.53. The summed E-state index contributed by atoms with van der Waals surface area (Å²) in [6.07, 6.45) is -4.73. The summed E-state index contributed by atoms with van der Waals surface area (Å²) in [5.41, 5.74) is 0. The SMILES string of the molecule is CC(C)NS(=O)(=O)CCNC(=O)N1C[C@@H](C(F)(F)F)[C@H](C(=O)O)C1. The van der Waals surface area contributed by atoms with Crippen molar-refractivity contribution in [1.82, 2.24) is 14.9 Å². The molecule has 0 aliphatic carbocycles. The molecule has 24 heavy (non-hydrogen) atoms. The van der Waals surface area contributed by atoms with Gasteiger partial charge in [-0.1, -0.05) is 0 Å². The number of carbonyl (C=O) groups excluding carboxylic acids is 1. The average molecular weight is 375 g/mol. The number of hydrogen-bond acceptors (Lipinski definition) is 4. The van der Waals surface area contributed by atoms with Crippen LogP contribution >= 0.6 is 0 Å². The molecule has 1 aliphatic heterocycles. The third-order valence-electron chi connectivity index (χ3n) is 3.41. The first-order valence-corrected chi connectivity index (χ1v) is 8.81. The maximum Gasteiger partial charge on any atom is 0.394 e. The number of aliphatic carboxylic acids is 1. The van der Waals surface area contributed by atoms with Gasteiger partial charge in [0.05, 0.1) is 17.6 Å². The molecule has 1 heterocycles. The van der Waals surface area contributed by atoms with E-state index in [1.807, 2.05) is 0 Å². The molecule has 1 rings (SSSR count). The molecule has 0 saturated carbocycles. The molecule has 0 aromatic carbocycles. The van der Waals surface area contributed by atoms with Gasteiger partial charge < -0.3 is 15.3 Å². The largest absolute Gasteiger partial charge is 0.481 e. The summed E-state index contributed by atoms with van der Waals surface area (Å²) in [5.74, 6) is -5.94. The zero-order chi connectivity index (χ0) is 18.7. The van der Waals surface area contributed by atoms with Gasteiger partial charge in [0.15, 0.2) is 0 Å². The van der Waals surface area contributed by atoms with Crippen LogP contribution in [0.4, 0.5) is 18.0 Å². The highest BCUT2D eigenvalue weighted by atomic mass is 32.2. The van der Waals surface area contributed by atoms with Crippen molar-refractivity contribution in [1.29, 1.82) is 0 Å². The lowest BCUT2D eigenvalue weighted by atomic mass is 9.96. The number of amides is 2. The lowest BCUT2D eigenvalue weighted by Crippen LogP contribution is -2.43. The van der Waals surface area contributed by atoms with Crippen LogP contribution in [-0.2, 0) is 14.8 Å². The fraction of sp³-hybridized carbons (Fsp3) is 0.833. The molecule has 2 amide bonds. The standard InChI is InChI=1S/C12H20F3N3O5S/c1-7(2)17-24(22,23)4-3-16-11(21)18-5-8(10(19)20)9(6-18)12(13,14)15/h7-9,17H,3-6H2,1-2H3,(H,16,21)(H,19,20)/t8-,9-/m1/s1. The minimum atomic E-state index is -4.73. The van der Waals surface area contributed by atoms with Crippen molar-refractivity contribution < 1.29 is 36.3 Å². The van der Waals surface area contributed by atoms with Crippen molar-refractivity contribution in [2.45, 2.75) is 26.1 Å². The Bertz CT molecular complexity index is 579. The number of likely N-dealkylation sites (tertiary alicyclic amines) is 1. The molecule has 0 spiro atoms. The van der Waals surface area contributed by atoms with E-state index in [0.29, 0.717) is 0 Å². The topological polar surface area (TPSA) is 116 Å². The van der Waals surface area contributed by atoms with Crippen LogP contribution in [0, 0.1) is 11.8 Å². The summed E-state index contributed by atoms with van der Waals surface area (Å²) in [5, 5.41) is 11.1. The number of rotatable bonds is 6. The first kappa shape index (κ1) is 20.5. The lowest BCUT2D eigenvalue weighted by Gasteiger charge is -2.18. The molecule has 8 nitrogen and oxygen atoms in total. The molecule has 0 aromatic heterocycles. The van der Waals surface area contributed by atoms with Crippen molar-refractivity contribution in [3.05, 3.63) is 0 Å². The Hall–Kier alpha value is -1.56. The van der Waals surface area contributed by atoms with E-state index in [-0.39, 0.29) is 12.6 Å². The van der Waals surface area contributed by atoms with Crippen LogP contribution < -0.4 is 10.0 Å². The number of carboxylic acid groups (broad SMARTS) is 1. The number of halogens is 3. The molecule has 1 saturated heterocycles. The zero-order valence-electron chi connectivity index (χ0n) is 13.1. The van der Waals surface area contributed by atoms with Crippen LogP contribution in [0.2, 0.25) is 0 Å². The van der Waals surface area contributed by atoms with E-state index in [0.717, 1.165) is 4.90 Å². The summed E-state index contributed by atoms with van der Waals surface area (Å²) < 4.78 is 63.9. The van der Waals surface area contributed by atoms with Gasteiger partial charge in [0.1, 0.15) is 0 Å². The van der Waals surface area contributed by atoms with Gasteiger partial charge in [-0.25, -0.2) is 17.9 Å². The van der Waals surface area contributed by atoms with Gasteiger partial charge in [-0.2, -0.15) is 13.2 Å². The van der Waals surface area contributed by atoms with Gasteiger partial charge >= 0.3 is 18.2 Å². The van der Waals surface area contributed by atoms with Crippen molar-refractivity contribution in [3.8, 4) is 0 Å². The minimum absolute atomic E-state index is 0.300. The summed E-state index contributed by atoms with van der Waals surface area (Å²) in [6.45, 7) is 1.57. The Morgan fingerprint density at radius 3 is 2.29 bits per heavy atom. The van der Waals surface area contributed by atoms with Crippen LogP contribution in [0.3, 0.4) is 0 Å². The van der Waals surface area contributed by atoms with Gasteiger partial charge in [-0.15, -0.1) is 0 Å². The Morgan fingerprint density at radius 2 is 1.88 bits per heavy atom. The van der Waals surface area contributed by atoms with E-state index in [2.05, 4.69) is 10.0 Å². The fourth-order valence-electron chi connectivity index (χ4n) is 2.37. The quantitative estimate of drug-likeness (QED) is 0.614. The highest BCUT2D eigenvalue weighted by Crippen LogP contribution is 2.37. The van der Waals surface area contributed by atoms with Gasteiger partial charge in [0, 0.05) is 25.7 Å².